The Kier molecular flexibility index (Phi) is 3.31. The van der Waals surface area contributed by atoms with Gasteiger partial charge in [-0.15, -0.1) is 0 Å². The lowest BCUT2D eigenvalue weighted by Gasteiger charge is -2.10. The van der Waals surface area contributed by atoms with E-state index in [-0.39, 0.29) is 5.91 Å². The summed E-state index contributed by atoms with van der Waals surface area (Å²) in [6, 6.07) is 0. The lowest BCUT2D eigenvalue weighted by molar-refractivity contribution is -0.121. The fraction of sp³-hybridized carbons (Fsp3) is 0.500. The smallest absolute Gasteiger partial charge is 0.276 e. The van der Waals surface area contributed by atoms with E-state index in [1.807, 2.05) is 13.1 Å². The predicted molar refractivity (Wildman–Crippen MR) is 71.4 cm³/mol. The van der Waals surface area contributed by atoms with Crippen molar-refractivity contribution >= 4 is 23.2 Å². The summed E-state index contributed by atoms with van der Waals surface area (Å²) in [6.45, 7) is 2.08. The van der Waals surface area contributed by atoms with Crippen LogP contribution in [0.4, 0.5) is 0 Å². The molecule has 2 heterocycles. The lowest BCUT2D eigenvalue weighted by Crippen LogP contribution is -2.26. The number of allylic oxidation sites excluding steroid dienone is 2. The highest BCUT2D eigenvalue weighted by atomic mass is 32.1. The van der Waals surface area contributed by atoms with Gasteiger partial charge in [-0.2, -0.15) is 0 Å². The Morgan fingerprint density at radius 3 is 2.35 bits per heavy atom. The number of hydrogen-bond donors (Lipinski definition) is 0. The molecule has 0 aliphatic carbocycles. The number of likely N-dealkylation sites (tertiary alicyclic amines) is 1. The topological polar surface area (TPSA) is 26.8 Å². The number of amides is 1. The van der Waals surface area contributed by atoms with E-state index in [2.05, 4.69) is 18.0 Å². The number of nitrogens with zero attached hydrogens (tertiary/aromatic N) is 3. The zero-order valence-corrected chi connectivity index (χ0v) is 11.3. The van der Waals surface area contributed by atoms with E-state index in [1.165, 1.54) is 10.5 Å². The quantitative estimate of drug-likeness (QED) is 0.509. The van der Waals surface area contributed by atoms with Gasteiger partial charge in [-0.25, -0.2) is 0 Å². The van der Waals surface area contributed by atoms with Crippen LogP contribution >= 0.6 is 12.2 Å². The van der Waals surface area contributed by atoms with Crippen LogP contribution in [0.15, 0.2) is 23.4 Å². The first-order valence-electron chi connectivity index (χ1n) is 5.64. The summed E-state index contributed by atoms with van der Waals surface area (Å²) < 4.78 is 0. The molecule has 2 saturated heterocycles. The second kappa shape index (κ2) is 4.58. The molecular formula is C12H17N3OS. The molecule has 0 atom stereocenters. The van der Waals surface area contributed by atoms with Crippen molar-refractivity contribution in [3.63, 3.8) is 0 Å². The van der Waals surface area contributed by atoms with Gasteiger partial charge in [-0.05, 0) is 31.8 Å². The summed E-state index contributed by atoms with van der Waals surface area (Å²) in [4.78, 5) is 17.4. The summed E-state index contributed by atoms with van der Waals surface area (Å²) in [5.41, 5.74) is 2.02. The molecule has 0 aromatic rings. The van der Waals surface area contributed by atoms with E-state index in [1.54, 1.807) is 11.9 Å². The number of hydrogen-bond acceptors (Lipinski definition) is 3. The van der Waals surface area contributed by atoms with Gasteiger partial charge in [0, 0.05) is 27.2 Å². The van der Waals surface area contributed by atoms with Crippen molar-refractivity contribution in [2.75, 3.05) is 34.2 Å². The van der Waals surface area contributed by atoms with Crippen molar-refractivity contribution in [3.05, 3.63) is 23.4 Å². The number of thiocarbonyl (C=S) groups is 1. The molecule has 0 unspecified atom stereocenters. The normalized spacial score (nSPS) is 27.0. The summed E-state index contributed by atoms with van der Waals surface area (Å²) in [5.74, 6) is -0.0271. The molecule has 4 nitrogen and oxygen atoms in total. The van der Waals surface area contributed by atoms with E-state index in [0.717, 1.165) is 19.5 Å². The van der Waals surface area contributed by atoms with Gasteiger partial charge < -0.3 is 9.80 Å². The molecule has 17 heavy (non-hydrogen) atoms. The molecule has 0 bridgehead atoms. The maximum Gasteiger partial charge on any atom is 0.276 e. The van der Waals surface area contributed by atoms with Gasteiger partial charge in [0.25, 0.3) is 5.91 Å². The third-order valence-corrected chi connectivity index (χ3v) is 3.77. The number of likely N-dealkylation sites (N-methyl/N-ethyl adjacent to an activating group) is 3. The Morgan fingerprint density at radius 2 is 1.88 bits per heavy atom. The first-order chi connectivity index (χ1) is 8.00. The minimum absolute atomic E-state index is 0.0271. The van der Waals surface area contributed by atoms with E-state index in [4.69, 9.17) is 12.2 Å². The van der Waals surface area contributed by atoms with Gasteiger partial charge in [-0.3, -0.25) is 9.69 Å². The van der Waals surface area contributed by atoms with Crippen LogP contribution in [0.3, 0.4) is 0 Å². The summed E-state index contributed by atoms with van der Waals surface area (Å²) in [7, 11) is 5.64. The molecule has 0 N–H and O–H groups in total. The van der Waals surface area contributed by atoms with Crippen molar-refractivity contribution < 1.29 is 4.79 Å². The van der Waals surface area contributed by atoms with Crippen molar-refractivity contribution in [1.29, 1.82) is 0 Å². The largest absolute Gasteiger partial charge is 0.317 e. The highest BCUT2D eigenvalue weighted by Crippen LogP contribution is 2.19. The lowest BCUT2D eigenvalue weighted by atomic mass is 10.2. The predicted octanol–water partition coefficient (Wildman–Crippen LogP) is 0.821. The zero-order valence-electron chi connectivity index (χ0n) is 10.4. The van der Waals surface area contributed by atoms with Gasteiger partial charge >= 0.3 is 0 Å². The molecule has 2 fully saturated rings. The maximum atomic E-state index is 11.9. The van der Waals surface area contributed by atoms with Crippen molar-refractivity contribution in [2.24, 2.45) is 0 Å². The summed E-state index contributed by atoms with van der Waals surface area (Å²) >= 11 is 5.15. The average Bonchev–Trinajstić information content (AvgIpc) is 2.78. The average molecular weight is 251 g/mol. The number of carbonyl (C=O) groups is 1. The molecule has 92 valence electrons. The van der Waals surface area contributed by atoms with Crippen molar-refractivity contribution in [1.82, 2.24) is 14.7 Å². The molecule has 5 heteroatoms. The Hall–Kier alpha value is -1.20. The van der Waals surface area contributed by atoms with Gasteiger partial charge in [0.2, 0.25) is 0 Å². The fourth-order valence-electron chi connectivity index (χ4n) is 2.09. The minimum Gasteiger partial charge on any atom is -0.317 e. The third-order valence-electron chi connectivity index (χ3n) is 3.22. The Bertz CT molecular complexity index is 427. The van der Waals surface area contributed by atoms with Crippen molar-refractivity contribution in [3.8, 4) is 0 Å². The molecule has 0 aromatic heterocycles. The standard InChI is InChI=1S/C12H17N3OS/c1-13-7-6-9(8-13)4-5-10-11(16)15(3)12(17)14(10)2/h4-5H,6-8H2,1-3H3/b9-4-,10-5-. The maximum absolute atomic E-state index is 11.9. The molecule has 2 aliphatic heterocycles. The van der Waals surface area contributed by atoms with Crippen LogP contribution in [0.5, 0.6) is 0 Å². The molecule has 0 radical (unpaired) electrons. The monoisotopic (exact) mass is 251 g/mol. The molecule has 0 aromatic carbocycles. The van der Waals surface area contributed by atoms with E-state index in [9.17, 15) is 4.79 Å². The molecule has 2 rings (SSSR count). The Balaban J connectivity index is 2.17. The minimum atomic E-state index is -0.0271. The van der Waals surface area contributed by atoms with Crippen LogP contribution in [-0.2, 0) is 4.79 Å². The highest BCUT2D eigenvalue weighted by molar-refractivity contribution is 7.80. The molecule has 1 amide bonds. The van der Waals surface area contributed by atoms with Crippen molar-refractivity contribution in [2.45, 2.75) is 6.42 Å². The first-order valence-corrected chi connectivity index (χ1v) is 6.05. The van der Waals surface area contributed by atoms with E-state index in [0.29, 0.717) is 10.8 Å². The van der Waals surface area contributed by atoms with Crippen LogP contribution in [0.1, 0.15) is 6.42 Å². The highest BCUT2D eigenvalue weighted by Gasteiger charge is 2.32. The van der Waals surface area contributed by atoms with Gasteiger partial charge in [0.15, 0.2) is 5.11 Å². The first kappa shape index (κ1) is 12.3. The van der Waals surface area contributed by atoms with Crippen LogP contribution in [0, 0.1) is 0 Å². The number of rotatable bonds is 1. The zero-order chi connectivity index (χ0) is 12.6. The summed E-state index contributed by atoms with van der Waals surface area (Å²) in [5, 5.41) is 0.559. The molecule has 2 aliphatic rings. The van der Waals surface area contributed by atoms with Gasteiger partial charge in [0.1, 0.15) is 5.70 Å². The van der Waals surface area contributed by atoms with Crippen LogP contribution in [0.25, 0.3) is 0 Å². The number of carbonyl (C=O) groups excluding carboxylic acids is 1. The van der Waals surface area contributed by atoms with E-state index < -0.39 is 0 Å². The Labute approximate surface area is 107 Å². The van der Waals surface area contributed by atoms with Gasteiger partial charge in [-0.1, -0.05) is 11.6 Å². The van der Waals surface area contributed by atoms with Gasteiger partial charge in [0.05, 0.1) is 0 Å². The fourth-order valence-corrected chi connectivity index (χ4v) is 2.27. The third kappa shape index (κ3) is 2.25. The second-order valence-corrected chi connectivity index (χ2v) is 4.94. The SMILES string of the molecule is CN1CC/C(=C/C=C2/C(=O)N(C)C(=S)N2C)C1. The van der Waals surface area contributed by atoms with Crippen LogP contribution in [-0.4, -0.2) is 60.0 Å². The second-order valence-electron chi connectivity index (χ2n) is 4.57. The molecular weight excluding hydrogens is 234 g/mol. The molecule has 0 spiro atoms. The van der Waals surface area contributed by atoms with E-state index >= 15 is 0 Å². The van der Waals surface area contributed by atoms with Crippen LogP contribution < -0.4 is 0 Å². The van der Waals surface area contributed by atoms with Crippen LogP contribution in [0.2, 0.25) is 0 Å². The summed E-state index contributed by atoms with van der Waals surface area (Å²) in [6.07, 6.45) is 5.01. The Morgan fingerprint density at radius 1 is 1.18 bits per heavy atom. The molecule has 0 saturated carbocycles.